The molecular formula is C16H18ClN3S. The predicted molar refractivity (Wildman–Crippen MR) is 89.5 cm³/mol. The molecule has 0 aliphatic rings. The van der Waals surface area contributed by atoms with E-state index in [2.05, 4.69) is 46.5 Å². The molecule has 21 heavy (non-hydrogen) atoms. The fraction of sp³-hybridized carbons (Fsp3) is 0.312. The van der Waals surface area contributed by atoms with Gasteiger partial charge in [-0.05, 0) is 30.7 Å². The molecule has 0 amide bonds. The third kappa shape index (κ3) is 3.46. The standard InChI is InChI=1S/C16H18ClN3S/c1-2-18-10-13(12-3-5-14(17)6-4-12)9-15-11-20-7-8-21-16(20)19-15/h3-8,11,13,18H,2,9-10H2,1H3. The number of nitrogens with one attached hydrogen (secondary N) is 1. The molecule has 0 saturated heterocycles. The molecule has 1 unspecified atom stereocenters. The van der Waals surface area contributed by atoms with Crippen molar-refractivity contribution in [2.75, 3.05) is 13.1 Å². The van der Waals surface area contributed by atoms with E-state index < -0.39 is 0 Å². The van der Waals surface area contributed by atoms with E-state index in [1.807, 2.05) is 12.1 Å². The minimum atomic E-state index is 0.409. The van der Waals surface area contributed by atoms with Gasteiger partial charge in [0.2, 0.25) is 0 Å². The summed E-state index contributed by atoms with van der Waals surface area (Å²) in [5.74, 6) is 0.409. The molecule has 3 rings (SSSR count). The molecule has 1 atom stereocenters. The molecule has 0 spiro atoms. The van der Waals surface area contributed by atoms with Crippen LogP contribution in [0.25, 0.3) is 4.96 Å². The molecule has 2 heterocycles. The van der Waals surface area contributed by atoms with E-state index >= 15 is 0 Å². The van der Waals surface area contributed by atoms with Crippen LogP contribution in [0.5, 0.6) is 0 Å². The Morgan fingerprint density at radius 3 is 2.86 bits per heavy atom. The Hall–Kier alpha value is -1.36. The first-order valence-corrected chi connectivity index (χ1v) is 8.39. The summed E-state index contributed by atoms with van der Waals surface area (Å²) in [6, 6.07) is 8.15. The molecule has 3 aromatic rings. The van der Waals surface area contributed by atoms with Gasteiger partial charge in [0.1, 0.15) is 0 Å². The molecule has 0 saturated carbocycles. The number of hydrogen-bond acceptors (Lipinski definition) is 3. The van der Waals surface area contributed by atoms with Crippen LogP contribution in [0, 0.1) is 0 Å². The number of rotatable bonds is 6. The van der Waals surface area contributed by atoms with Crippen molar-refractivity contribution < 1.29 is 0 Å². The Labute approximate surface area is 133 Å². The summed E-state index contributed by atoms with van der Waals surface area (Å²) >= 11 is 7.66. The van der Waals surface area contributed by atoms with E-state index in [0.717, 1.165) is 35.2 Å². The molecule has 0 aliphatic heterocycles. The number of halogens is 1. The Balaban J connectivity index is 1.81. The first-order chi connectivity index (χ1) is 10.3. The van der Waals surface area contributed by atoms with Gasteiger partial charge in [-0.15, -0.1) is 11.3 Å². The average molecular weight is 320 g/mol. The number of aromatic nitrogens is 2. The predicted octanol–water partition coefficient (Wildman–Crippen LogP) is 3.99. The molecule has 0 aliphatic carbocycles. The number of likely N-dealkylation sites (N-methyl/N-ethyl adjacent to an activating group) is 1. The zero-order chi connectivity index (χ0) is 14.7. The van der Waals surface area contributed by atoms with Gasteiger partial charge in [0.05, 0.1) is 5.69 Å². The minimum Gasteiger partial charge on any atom is -0.316 e. The summed E-state index contributed by atoms with van der Waals surface area (Å²) < 4.78 is 2.09. The van der Waals surface area contributed by atoms with Crippen molar-refractivity contribution in [2.45, 2.75) is 19.3 Å². The first kappa shape index (κ1) is 14.6. The van der Waals surface area contributed by atoms with E-state index in [9.17, 15) is 0 Å². The van der Waals surface area contributed by atoms with Crippen molar-refractivity contribution in [1.82, 2.24) is 14.7 Å². The highest BCUT2D eigenvalue weighted by atomic mass is 35.5. The Kier molecular flexibility index (Phi) is 4.58. The topological polar surface area (TPSA) is 29.3 Å². The average Bonchev–Trinajstić information content (AvgIpc) is 3.05. The largest absolute Gasteiger partial charge is 0.316 e. The van der Waals surface area contributed by atoms with Crippen molar-refractivity contribution in [3.05, 3.63) is 58.3 Å². The Morgan fingerprint density at radius 1 is 1.33 bits per heavy atom. The maximum absolute atomic E-state index is 5.99. The lowest BCUT2D eigenvalue weighted by Gasteiger charge is -2.17. The molecule has 2 aromatic heterocycles. The van der Waals surface area contributed by atoms with Crippen LogP contribution in [0.2, 0.25) is 5.02 Å². The van der Waals surface area contributed by atoms with Crippen molar-refractivity contribution in [3.8, 4) is 0 Å². The third-order valence-corrected chi connectivity index (χ3v) is 4.60. The number of nitrogens with zero attached hydrogens (tertiary/aromatic N) is 2. The van der Waals surface area contributed by atoms with Crippen molar-refractivity contribution in [1.29, 1.82) is 0 Å². The molecule has 1 N–H and O–H groups in total. The van der Waals surface area contributed by atoms with Crippen molar-refractivity contribution in [3.63, 3.8) is 0 Å². The highest BCUT2D eigenvalue weighted by Gasteiger charge is 2.14. The fourth-order valence-corrected chi connectivity index (χ4v) is 3.33. The van der Waals surface area contributed by atoms with Gasteiger partial charge in [0, 0.05) is 35.3 Å². The van der Waals surface area contributed by atoms with Gasteiger partial charge in [-0.25, -0.2) is 4.98 Å². The maximum atomic E-state index is 5.99. The fourth-order valence-electron chi connectivity index (χ4n) is 2.49. The number of thiazole rings is 1. The third-order valence-electron chi connectivity index (χ3n) is 3.58. The monoisotopic (exact) mass is 319 g/mol. The van der Waals surface area contributed by atoms with Crippen LogP contribution in [0.15, 0.2) is 42.0 Å². The number of benzene rings is 1. The molecule has 110 valence electrons. The second-order valence-corrected chi connectivity index (χ2v) is 6.39. The van der Waals surface area contributed by atoms with Crippen LogP contribution in [0.4, 0.5) is 0 Å². The van der Waals surface area contributed by atoms with Crippen LogP contribution >= 0.6 is 22.9 Å². The van der Waals surface area contributed by atoms with Crippen LogP contribution in [0.3, 0.4) is 0 Å². The summed E-state index contributed by atoms with van der Waals surface area (Å²) in [5.41, 5.74) is 2.44. The van der Waals surface area contributed by atoms with Crippen molar-refractivity contribution in [2.24, 2.45) is 0 Å². The van der Waals surface area contributed by atoms with E-state index in [4.69, 9.17) is 16.6 Å². The van der Waals surface area contributed by atoms with Crippen LogP contribution in [-0.2, 0) is 6.42 Å². The number of hydrogen-bond donors (Lipinski definition) is 1. The van der Waals surface area contributed by atoms with E-state index in [0.29, 0.717) is 5.92 Å². The van der Waals surface area contributed by atoms with Gasteiger partial charge in [-0.3, -0.25) is 4.40 Å². The molecule has 5 heteroatoms. The van der Waals surface area contributed by atoms with Gasteiger partial charge in [-0.2, -0.15) is 0 Å². The molecular weight excluding hydrogens is 302 g/mol. The van der Waals surface area contributed by atoms with Gasteiger partial charge in [-0.1, -0.05) is 30.7 Å². The van der Waals surface area contributed by atoms with Gasteiger partial charge in [0.15, 0.2) is 4.96 Å². The SMILES string of the molecule is CCNCC(Cc1cn2ccsc2n1)c1ccc(Cl)cc1. The second kappa shape index (κ2) is 6.60. The van der Waals surface area contributed by atoms with Crippen LogP contribution in [-0.4, -0.2) is 22.5 Å². The Morgan fingerprint density at radius 2 is 2.14 bits per heavy atom. The number of imidazole rings is 1. The Bertz CT molecular complexity index is 673. The van der Waals surface area contributed by atoms with E-state index in [1.165, 1.54) is 5.56 Å². The first-order valence-electron chi connectivity index (χ1n) is 7.13. The van der Waals surface area contributed by atoms with Gasteiger partial charge in [0.25, 0.3) is 0 Å². The lowest BCUT2D eigenvalue weighted by Crippen LogP contribution is -2.22. The lowest BCUT2D eigenvalue weighted by molar-refractivity contribution is 0.590. The summed E-state index contributed by atoms with van der Waals surface area (Å²) in [5, 5.41) is 6.28. The second-order valence-electron chi connectivity index (χ2n) is 5.09. The van der Waals surface area contributed by atoms with Gasteiger partial charge >= 0.3 is 0 Å². The summed E-state index contributed by atoms with van der Waals surface area (Å²) in [6.07, 6.45) is 5.11. The molecule has 0 radical (unpaired) electrons. The highest BCUT2D eigenvalue weighted by Crippen LogP contribution is 2.23. The highest BCUT2D eigenvalue weighted by molar-refractivity contribution is 7.15. The zero-order valence-electron chi connectivity index (χ0n) is 11.9. The zero-order valence-corrected chi connectivity index (χ0v) is 13.5. The van der Waals surface area contributed by atoms with E-state index in [-0.39, 0.29) is 0 Å². The van der Waals surface area contributed by atoms with Crippen molar-refractivity contribution >= 4 is 27.9 Å². The minimum absolute atomic E-state index is 0.409. The summed E-state index contributed by atoms with van der Waals surface area (Å²) in [6.45, 7) is 4.05. The smallest absolute Gasteiger partial charge is 0.193 e. The summed E-state index contributed by atoms with van der Waals surface area (Å²) in [4.78, 5) is 5.75. The molecule has 0 bridgehead atoms. The maximum Gasteiger partial charge on any atom is 0.193 e. The molecule has 0 fully saturated rings. The lowest BCUT2D eigenvalue weighted by atomic mass is 9.94. The van der Waals surface area contributed by atoms with Gasteiger partial charge < -0.3 is 5.32 Å². The quantitative estimate of drug-likeness (QED) is 0.744. The normalized spacial score (nSPS) is 12.9. The van der Waals surface area contributed by atoms with Crippen LogP contribution < -0.4 is 5.32 Å². The molecule has 3 nitrogen and oxygen atoms in total. The van der Waals surface area contributed by atoms with E-state index in [1.54, 1.807) is 11.3 Å². The van der Waals surface area contributed by atoms with Crippen LogP contribution in [0.1, 0.15) is 24.1 Å². The summed E-state index contributed by atoms with van der Waals surface area (Å²) in [7, 11) is 0. The number of fused-ring (bicyclic) bond motifs is 1. The molecule has 1 aromatic carbocycles.